The van der Waals surface area contributed by atoms with Gasteiger partial charge in [0.1, 0.15) is 0 Å². The Hall–Kier alpha value is -3.94. The first-order chi connectivity index (χ1) is 17.3. The monoisotopic (exact) mass is 510 g/mol. The van der Waals surface area contributed by atoms with E-state index in [0.717, 1.165) is 4.47 Å². The number of benzene rings is 5. The van der Waals surface area contributed by atoms with Crippen LogP contribution in [-0.4, -0.2) is 0 Å². The van der Waals surface area contributed by atoms with Crippen LogP contribution in [-0.2, 0) is 0 Å². The first kappa shape index (κ1) is 21.6. The molecule has 0 saturated heterocycles. The third-order valence-electron chi connectivity index (χ3n) is 6.59. The quantitative estimate of drug-likeness (QED) is 0.217. The van der Waals surface area contributed by atoms with Gasteiger partial charge in [-0.25, -0.2) is 0 Å². The number of fused-ring (bicyclic) bond motifs is 3. The molecule has 0 aliphatic rings. The number of hydrogen-bond donors (Lipinski definition) is 0. The van der Waals surface area contributed by atoms with Gasteiger partial charge in [-0.1, -0.05) is 143 Å². The van der Waals surface area contributed by atoms with Crippen molar-refractivity contribution in [1.29, 1.82) is 0 Å². The molecular formula is C34H23Br. The standard InChI is InChI=1S/C34H23Br/c35-26-14-9-21-33(29-19-7-12-24-10-1-3-15-27(24)29)31-17-5-6-18-32(31)34(23-22-26)30-20-8-13-25-11-2-4-16-28(25)30/h1-23H. The average molecular weight is 511 g/mol. The van der Waals surface area contributed by atoms with E-state index in [1.165, 1.54) is 54.6 Å². The molecule has 6 rings (SSSR count). The molecule has 0 aromatic heterocycles. The Labute approximate surface area is 214 Å². The van der Waals surface area contributed by atoms with Gasteiger partial charge in [0.2, 0.25) is 0 Å². The van der Waals surface area contributed by atoms with Crippen molar-refractivity contribution in [1.82, 2.24) is 0 Å². The molecule has 1 heteroatoms. The minimum absolute atomic E-state index is 1.03. The van der Waals surface area contributed by atoms with Gasteiger partial charge >= 0.3 is 0 Å². The zero-order valence-corrected chi connectivity index (χ0v) is 20.7. The second-order valence-corrected chi connectivity index (χ2v) is 9.59. The lowest BCUT2D eigenvalue weighted by molar-refractivity contribution is 1.65. The van der Waals surface area contributed by atoms with Crippen LogP contribution >= 0.6 is 15.9 Å². The van der Waals surface area contributed by atoms with Crippen LogP contribution in [0.2, 0.25) is 0 Å². The van der Waals surface area contributed by atoms with Crippen LogP contribution in [0, 0.1) is 0 Å². The fraction of sp³-hybridized carbons (Fsp3) is 0. The van der Waals surface area contributed by atoms with Gasteiger partial charge < -0.3 is 0 Å². The third-order valence-corrected chi connectivity index (χ3v) is 7.12. The molecule has 166 valence electrons. The fourth-order valence-electron chi connectivity index (χ4n) is 4.98. The summed E-state index contributed by atoms with van der Waals surface area (Å²) in [7, 11) is 0. The lowest BCUT2D eigenvalue weighted by Gasteiger charge is -2.12. The van der Waals surface area contributed by atoms with Gasteiger partial charge in [0.25, 0.3) is 0 Å². The van der Waals surface area contributed by atoms with E-state index in [-0.39, 0.29) is 0 Å². The molecule has 0 atom stereocenters. The third kappa shape index (κ3) is 4.09. The molecule has 0 spiro atoms. The predicted molar refractivity (Wildman–Crippen MR) is 155 cm³/mol. The van der Waals surface area contributed by atoms with Gasteiger partial charge in [0, 0.05) is 4.47 Å². The molecule has 6 aromatic carbocycles. The summed E-state index contributed by atoms with van der Waals surface area (Å²) in [4.78, 5) is 0. The van der Waals surface area contributed by atoms with Crippen LogP contribution in [0.25, 0.3) is 54.6 Å². The van der Waals surface area contributed by atoms with Gasteiger partial charge in [-0.2, -0.15) is 0 Å². The van der Waals surface area contributed by atoms with Crippen molar-refractivity contribution >= 4 is 48.2 Å². The van der Waals surface area contributed by atoms with E-state index < -0.39 is 0 Å². The van der Waals surface area contributed by atoms with Gasteiger partial charge in [0.05, 0.1) is 0 Å². The van der Waals surface area contributed by atoms with Gasteiger partial charge in [0.15, 0.2) is 0 Å². The Balaban J connectivity index is 1.80. The predicted octanol–water partition coefficient (Wildman–Crippen LogP) is 10.4. The second kappa shape index (κ2) is 9.37. The van der Waals surface area contributed by atoms with E-state index in [4.69, 9.17) is 0 Å². The van der Waals surface area contributed by atoms with Crippen molar-refractivity contribution < 1.29 is 0 Å². The van der Waals surface area contributed by atoms with Crippen LogP contribution in [0.5, 0.6) is 0 Å². The highest BCUT2D eigenvalue weighted by Crippen LogP contribution is 2.37. The molecule has 0 fully saturated rings. The molecule has 0 bridgehead atoms. The molecule has 35 heavy (non-hydrogen) atoms. The first-order valence-electron chi connectivity index (χ1n) is 11.8. The number of halogens is 1. The Morgan fingerprint density at radius 1 is 0.286 bits per heavy atom. The second-order valence-electron chi connectivity index (χ2n) is 8.67. The summed E-state index contributed by atoms with van der Waals surface area (Å²) in [6, 6.07) is 50.0. The van der Waals surface area contributed by atoms with Gasteiger partial charge in [-0.05, 0) is 66.7 Å². The highest BCUT2D eigenvalue weighted by atomic mass is 79.9. The summed E-state index contributed by atoms with van der Waals surface area (Å²) in [6.07, 6.45) is 0. The molecular weight excluding hydrogens is 488 g/mol. The van der Waals surface area contributed by atoms with Crippen LogP contribution in [0.15, 0.2) is 144 Å². The molecule has 0 heterocycles. The smallest absolute Gasteiger partial charge is 0.0175 e. The maximum absolute atomic E-state index is 3.74. The fourth-order valence-corrected chi connectivity index (χ4v) is 5.26. The number of hydrogen-bond acceptors (Lipinski definition) is 0. The van der Waals surface area contributed by atoms with Crippen molar-refractivity contribution in [3.63, 3.8) is 0 Å². The summed E-state index contributed by atoms with van der Waals surface area (Å²) in [5, 5.41) is 7.44. The van der Waals surface area contributed by atoms with Crippen molar-refractivity contribution in [2.45, 2.75) is 0 Å². The highest BCUT2D eigenvalue weighted by molar-refractivity contribution is 9.10. The van der Waals surface area contributed by atoms with Crippen LogP contribution in [0.1, 0.15) is 0 Å². The summed E-state index contributed by atoms with van der Waals surface area (Å²) < 4.78 is 1.03. The lowest BCUT2D eigenvalue weighted by atomic mass is 9.91. The van der Waals surface area contributed by atoms with E-state index in [1.54, 1.807) is 0 Å². The van der Waals surface area contributed by atoms with E-state index in [9.17, 15) is 0 Å². The van der Waals surface area contributed by atoms with E-state index in [0.29, 0.717) is 0 Å². The van der Waals surface area contributed by atoms with Crippen LogP contribution in [0.3, 0.4) is 0 Å². The maximum atomic E-state index is 3.74. The minimum atomic E-state index is 1.03. The van der Waals surface area contributed by atoms with Crippen molar-refractivity contribution in [3.8, 4) is 22.3 Å². The first-order valence-corrected chi connectivity index (χ1v) is 12.6. The average Bonchev–Trinajstić information content (AvgIpc) is 2.91. The largest absolute Gasteiger partial charge is 0.0616 e. The van der Waals surface area contributed by atoms with Crippen molar-refractivity contribution in [2.75, 3.05) is 0 Å². The Kier molecular flexibility index (Phi) is 5.78. The summed E-state index contributed by atoms with van der Waals surface area (Å²) in [5.74, 6) is 0. The SMILES string of the molecule is Brc1cccc(-c2cccc3ccccc23)c2ccccc2c(-c2cccc3ccccc23)cc1. The highest BCUT2D eigenvalue weighted by Gasteiger charge is 2.10. The molecule has 0 aliphatic heterocycles. The number of rotatable bonds is 2. The van der Waals surface area contributed by atoms with E-state index >= 15 is 0 Å². The molecule has 0 radical (unpaired) electrons. The zero-order valence-electron chi connectivity index (χ0n) is 19.2. The summed E-state index contributed by atoms with van der Waals surface area (Å²) >= 11 is 3.74. The molecule has 0 N–H and O–H groups in total. The molecule has 0 unspecified atom stereocenters. The lowest BCUT2D eigenvalue weighted by Crippen LogP contribution is -1.86. The van der Waals surface area contributed by atoms with Crippen molar-refractivity contribution in [3.05, 3.63) is 144 Å². The summed E-state index contributed by atoms with van der Waals surface area (Å²) in [6.45, 7) is 0. The maximum Gasteiger partial charge on any atom is 0.0175 e. The minimum Gasteiger partial charge on any atom is -0.0616 e. The molecule has 0 nitrogen and oxygen atoms in total. The Morgan fingerprint density at radius 3 is 1.20 bits per heavy atom. The van der Waals surface area contributed by atoms with E-state index in [1.807, 2.05) is 0 Å². The zero-order chi connectivity index (χ0) is 23.6. The van der Waals surface area contributed by atoms with Crippen LogP contribution in [0.4, 0.5) is 0 Å². The normalized spacial score (nSPS) is 11.0. The van der Waals surface area contributed by atoms with Crippen LogP contribution < -0.4 is 0 Å². The van der Waals surface area contributed by atoms with Crippen molar-refractivity contribution in [2.24, 2.45) is 0 Å². The Morgan fingerprint density at radius 2 is 0.657 bits per heavy atom. The topological polar surface area (TPSA) is 0 Å². The van der Waals surface area contributed by atoms with Gasteiger partial charge in [-0.15, -0.1) is 0 Å². The molecule has 0 amide bonds. The molecule has 6 aromatic rings. The van der Waals surface area contributed by atoms with Gasteiger partial charge in [-0.3, -0.25) is 0 Å². The summed E-state index contributed by atoms with van der Waals surface area (Å²) in [5.41, 5.74) is 4.88. The Bertz CT molecular complexity index is 1750. The van der Waals surface area contributed by atoms with E-state index in [2.05, 4.69) is 155 Å². The molecule has 0 aliphatic carbocycles. The molecule has 0 saturated carbocycles.